The molecule has 7 heteroatoms. The van der Waals surface area contributed by atoms with Crippen molar-refractivity contribution in [2.45, 2.75) is 12.8 Å². The second kappa shape index (κ2) is 8.16. The Balaban J connectivity index is 1.49. The molecule has 0 unspecified atom stereocenters. The molecule has 0 bridgehead atoms. The van der Waals surface area contributed by atoms with Gasteiger partial charge in [-0.1, -0.05) is 6.07 Å². The van der Waals surface area contributed by atoms with Gasteiger partial charge >= 0.3 is 0 Å². The topological polar surface area (TPSA) is 81.2 Å². The lowest BCUT2D eigenvalue weighted by Gasteiger charge is -2.07. The van der Waals surface area contributed by atoms with Gasteiger partial charge in [-0.3, -0.25) is 14.6 Å². The summed E-state index contributed by atoms with van der Waals surface area (Å²) in [5, 5.41) is 4.61. The van der Waals surface area contributed by atoms with Crippen LogP contribution in [0, 0.1) is 0 Å². The van der Waals surface area contributed by atoms with Crippen molar-refractivity contribution in [1.82, 2.24) is 9.97 Å². The number of benzene rings is 1. The summed E-state index contributed by atoms with van der Waals surface area (Å²) in [5.41, 5.74) is 0.639. The zero-order valence-corrected chi connectivity index (χ0v) is 14.0. The lowest BCUT2D eigenvalue weighted by Crippen LogP contribution is -2.13. The number of ether oxygens (including phenoxy) is 1. The molecule has 3 aromatic rings. The van der Waals surface area contributed by atoms with Crippen LogP contribution in [-0.2, 0) is 4.79 Å². The Morgan fingerprint density at radius 3 is 2.60 bits per heavy atom. The Morgan fingerprint density at radius 1 is 1.08 bits per heavy atom. The van der Waals surface area contributed by atoms with E-state index in [0.717, 1.165) is 0 Å². The van der Waals surface area contributed by atoms with Gasteiger partial charge in [-0.15, -0.1) is 11.3 Å². The third-order valence-corrected chi connectivity index (χ3v) is 4.19. The summed E-state index contributed by atoms with van der Waals surface area (Å²) in [6, 6.07) is 10.5. The summed E-state index contributed by atoms with van der Waals surface area (Å²) in [4.78, 5) is 32.5. The summed E-state index contributed by atoms with van der Waals surface area (Å²) in [6.45, 7) is 0. The van der Waals surface area contributed by atoms with Crippen LogP contribution in [0.2, 0.25) is 0 Å². The number of nitrogens with zero attached hydrogens (tertiary/aromatic N) is 2. The van der Waals surface area contributed by atoms with E-state index in [9.17, 15) is 9.59 Å². The first-order chi connectivity index (χ1) is 12.2. The van der Waals surface area contributed by atoms with Crippen LogP contribution in [0.3, 0.4) is 0 Å². The number of hydrogen-bond acceptors (Lipinski definition) is 6. The highest BCUT2D eigenvalue weighted by molar-refractivity contribution is 7.12. The first-order valence-electron chi connectivity index (χ1n) is 7.61. The van der Waals surface area contributed by atoms with E-state index in [2.05, 4.69) is 15.3 Å². The second-order valence-electron chi connectivity index (χ2n) is 5.12. The molecule has 0 aliphatic heterocycles. The van der Waals surface area contributed by atoms with Crippen molar-refractivity contribution in [1.29, 1.82) is 0 Å². The van der Waals surface area contributed by atoms with E-state index in [1.54, 1.807) is 42.7 Å². The lowest BCUT2D eigenvalue weighted by molar-refractivity contribution is -0.116. The van der Waals surface area contributed by atoms with Gasteiger partial charge in [0.25, 0.3) is 0 Å². The SMILES string of the molecule is O=C(CCC(=O)c1cccs1)Nc1ccc(Oc2cnccn2)cc1. The maximum Gasteiger partial charge on any atom is 0.237 e. The minimum absolute atomic E-state index is 0.0159. The second-order valence-corrected chi connectivity index (χ2v) is 6.07. The Morgan fingerprint density at radius 2 is 1.92 bits per heavy atom. The third-order valence-electron chi connectivity index (χ3n) is 3.28. The van der Waals surface area contributed by atoms with E-state index in [1.165, 1.54) is 17.5 Å². The molecule has 0 atom stereocenters. The van der Waals surface area contributed by atoms with Gasteiger partial charge < -0.3 is 10.1 Å². The number of aromatic nitrogens is 2. The molecule has 0 aliphatic carbocycles. The van der Waals surface area contributed by atoms with Crippen LogP contribution >= 0.6 is 11.3 Å². The van der Waals surface area contributed by atoms with E-state index in [4.69, 9.17) is 4.74 Å². The molecule has 1 aromatic carbocycles. The predicted octanol–water partition coefficient (Wildman–Crippen LogP) is 3.93. The fraction of sp³-hybridized carbons (Fsp3) is 0.111. The molecule has 0 saturated heterocycles. The molecule has 3 rings (SSSR count). The maximum absolute atomic E-state index is 12.0. The van der Waals surface area contributed by atoms with Gasteiger partial charge in [0, 0.05) is 30.9 Å². The number of ketones is 1. The molecule has 0 aliphatic rings. The van der Waals surface area contributed by atoms with Crippen molar-refractivity contribution in [3.05, 3.63) is 65.2 Å². The number of anilines is 1. The number of carbonyl (C=O) groups is 2. The number of nitrogens with one attached hydrogen (secondary N) is 1. The molecule has 2 aromatic heterocycles. The molecule has 0 saturated carbocycles. The Hall–Kier alpha value is -3.06. The van der Waals surface area contributed by atoms with Crippen LogP contribution in [0.25, 0.3) is 0 Å². The fourth-order valence-corrected chi connectivity index (χ4v) is 2.77. The van der Waals surface area contributed by atoms with Crippen LogP contribution in [0.5, 0.6) is 11.6 Å². The smallest absolute Gasteiger partial charge is 0.237 e. The summed E-state index contributed by atoms with van der Waals surface area (Å²) in [5.74, 6) is 0.767. The highest BCUT2D eigenvalue weighted by atomic mass is 32.1. The number of amides is 1. The maximum atomic E-state index is 12.0. The zero-order valence-electron chi connectivity index (χ0n) is 13.2. The average molecular weight is 353 g/mol. The van der Waals surface area contributed by atoms with Crippen LogP contribution < -0.4 is 10.1 Å². The van der Waals surface area contributed by atoms with E-state index < -0.39 is 0 Å². The zero-order chi connectivity index (χ0) is 17.5. The molecule has 1 amide bonds. The van der Waals surface area contributed by atoms with Crippen LogP contribution in [0.4, 0.5) is 5.69 Å². The summed E-state index contributed by atoms with van der Waals surface area (Å²) < 4.78 is 5.53. The number of hydrogen-bond donors (Lipinski definition) is 1. The standard InChI is InChI=1S/C18H15N3O3S/c22-15(16-2-1-11-25-16)7-8-17(23)21-13-3-5-14(6-4-13)24-18-12-19-9-10-20-18/h1-6,9-12H,7-8H2,(H,21,23). The number of Topliss-reactive ketones (excluding diaryl/α,β-unsaturated/α-hetero) is 1. The van der Waals surface area contributed by atoms with Crippen molar-refractivity contribution in [2.75, 3.05) is 5.32 Å². The quantitative estimate of drug-likeness (QED) is 0.651. The summed E-state index contributed by atoms with van der Waals surface area (Å²) in [6.07, 6.45) is 4.96. The van der Waals surface area contributed by atoms with Crippen molar-refractivity contribution in [3.63, 3.8) is 0 Å². The molecule has 6 nitrogen and oxygen atoms in total. The van der Waals surface area contributed by atoms with Crippen molar-refractivity contribution in [3.8, 4) is 11.6 Å². The van der Waals surface area contributed by atoms with Crippen LogP contribution in [-0.4, -0.2) is 21.7 Å². The Kier molecular flexibility index (Phi) is 5.48. The van der Waals surface area contributed by atoms with Crippen LogP contribution in [0.15, 0.2) is 60.4 Å². The molecule has 0 fully saturated rings. The van der Waals surface area contributed by atoms with E-state index in [1.807, 2.05) is 11.4 Å². The van der Waals surface area contributed by atoms with Gasteiger partial charge in [0.2, 0.25) is 11.8 Å². The first-order valence-corrected chi connectivity index (χ1v) is 8.49. The Bertz CT molecular complexity index is 834. The van der Waals surface area contributed by atoms with Crippen molar-refractivity contribution in [2.24, 2.45) is 0 Å². The normalized spacial score (nSPS) is 10.2. The monoisotopic (exact) mass is 353 g/mol. The third kappa shape index (κ3) is 4.95. The number of thiophene rings is 1. The summed E-state index contributed by atoms with van der Waals surface area (Å²) in [7, 11) is 0. The van der Waals surface area contributed by atoms with Gasteiger partial charge in [-0.05, 0) is 35.7 Å². The Labute approximate surface area is 148 Å². The van der Waals surface area contributed by atoms with Crippen molar-refractivity contribution < 1.29 is 14.3 Å². The van der Waals surface area contributed by atoms with Crippen molar-refractivity contribution >= 4 is 28.7 Å². The number of rotatable bonds is 7. The first kappa shape index (κ1) is 16.8. The fourth-order valence-electron chi connectivity index (χ4n) is 2.08. The highest BCUT2D eigenvalue weighted by Crippen LogP contribution is 2.21. The molecule has 126 valence electrons. The van der Waals surface area contributed by atoms with E-state index in [-0.39, 0.29) is 24.5 Å². The average Bonchev–Trinajstić information content (AvgIpc) is 3.17. The van der Waals surface area contributed by atoms with E-state index in [0.29, 0.717) is 22.2 Å². The molecule has 1 N–H and O–H groups in total. The van der Waals surface area contributed by atoms with Gasteiger partial charge in [0.05, 0.1) is 11.1 Å². The molecule has 2 heterocycles. The molecular formula is C18H15N3O3S. The van der Waals surface area contributed by atoms with Gasteiger partial charge in [-0.25, -0.2) is 4.98 Å². The minimum atomic E-state index is -0.201. The lowest BCUT2D eigenvalue weighted by atomic mass is 10.2. The predicted molar refractivity (Wildman–Crippen MR) is 95.1 cm³/mol. The molecule has 0 radical (unpaired) electrons. The summed E-state index contributed by atoms with van der Waals surface area (Å²) >= 11 is 1.38. The van der Waals surface area contributed by atoms with Crippen LogP contribution in [0.1, 0.15) is 22.5 Å². The minimum Gasteiger partial charge on any atom is -0.438 e. The van der Waals surface area contributed by atoms with Gasteiger partial charge in [0.1, 0.15) is 5.75 Å². The number of carbonyl (C=O) groups excluding carboxylic acids is 2. The van der Waals surface area contributed by atoms with Gasteiger partial charge in [-0.2, -0.15) is 0 Å². The molecular weight excluding hydrogens is 338 g/mol. The van der Waals surface area contributed by atoms with Gasteiger partial charge in [0.15, 0.2) is 5.78 Å². The molecule has 0 spiro atoms. The molecule has 25 heavy (non-hydrogen) atoms. The van der Waals surface area contributed by atoms with E-state index >= 15 is 0 Å². The largest absolute Gasteiger partial charge is 0.438 e. The highest BCUT2D eigenvalue weighted by Gasteiger charge is 2.10.